The first-order valence-corrected chi connectivity index (χ1v) is 15.7. The highest BCUT2D eigenvalue weighted by atomic mass is 79.9. The highest BCUT2D eigenvalue weighted by Gasteiger charge is 2.13. The van der Waals surface area contributed by atoms with Crippen molar-refractivity contribution in [2.75, 3.05) is 0 Å². The number of hydrogen-bond acceptors (Lipinski definition) is 0. The van der Waals surface area contributed by atoms with Gasteiger partial charge in [0.25, 0.3) is 0 Å². The summed E-state index contributed by atoms with van der Waals surface area (Å²) >= 11 is 18.3. The molecule has 8 rings (SSSR count). The fraction of sp³-hybridized carbons (Fsp3) is 0. The van der Waals surface area contributed by atoms with Gasteiger partial charge in [0.1, 0.15) is 5.82 Å². The van der Waals surface area contributed by atoms with Crippen LogP contribution in [0.5, 0.6) is 0 Å². The topological polar surface area (TPSA) is 20.7 Å². The Morgan fingerprint density at radius 2 is 0.953 bits per heavy atom. The molecule has 43 heavy (non-hydrogen) atoms. The summed E-state index contributed by atoms with van der Waals surface area (Å²) in [5.74, 6) is -0.331. The second-order valence-electron chi connectivity index (χ2n) is 9.74. The van der Waals surface area contributed by atoms with Crippen LogP contribution in [0.3, 0.4) is 0 Å². The Hall–Kier alpha value is -3.61. The van der Waals surface area contributed by atoms with E-state index >= 15 is 0 Å². The number of halogens is 5. The SMILES string of the molecule is Clc1ccc(Br)c(-n2c3ccccc3c3ccccc32)c1.Fc1cc(Cl)ccc1Br.c1ccc2c(c1)[nH]c1ccccc12. The van der Waals surface area contributed by atoms with E-state index < -0.39 is 0 Å². The molecule has 2 aromatic heterocycles. The van der Waals surface area contributed by atoms with Gasteiger partial charge >= 0.3 is 0 Å². The molecule has 0 aliphatic carbocycles. The molecule has 8 aromatic rings. The Kier molecular flexibility index (Phi) is 8.87. The number of benzene rings is 6. The van der Waals surface area contributed by atoms with Crippen LogP contribution in [0.2, 0.25) is 10.0 Å². The van der Waals surface area contributed by atoms with Crippen molar-refractivity contribution in [2.24, 2.45) is 0 Å². The molecule has 0 aliphatic heterocycles. The van der Waals surface area contributed by atoms with Crippen molar-refractivity contribution >= 4 is 98.7 Å². The van der Waals surface area contributed by atoms with Crippen molar-refractivity contribution in [3.05, 3.63) is 158 Å². The van der Waals surface area contributed by atoms with Crippen molar-refractivity contribution in [1.82, 2.24) is 9.55 Å². The highest BCUT2D eigenvalue weighted by Crippen LogP contribution is 2.35. The number of nitrogens with one attached hydrogen (secondary N) is 1. The lowest BCUT2D eigenvalue weighted by atomic mass is 10.2. The molecule has 6 aromatic carbocycles. The lowest BCUT2D eigenvalue weighted by Gasteiger charge is -2.10. The number of H-pyrrole nitrogens is 1. The fourth-order valence-electron chi connectivity index (χ4n) is 5.11. The predicted molar refractivity (Wildman–Crippen MR) is 188 cm³/mol. The van der Waals surface area contributed by atoms with Crippen LogP contribution in [0.25, 0.3) is 49.3 Å². The number of aromatic nitrogens is 2. The van der Waals surface area contributed by atoms with Gasteiger partial charge < -0.3 is 9.55 Å². The van der Waals surface area contributed by atoms with E-state index in [9.17, 15) is 4.39 Å². The molecule has 0 spiro atoms. The van der Waals surface area contributed by atoms with Gasteiger partial charge in [-0.05, 0) is 92.5 Å². The third-order valence-corrected chi connectivity index (χ3v) is 8.81. The van der Waals surface area contributed by atoms with E-state index in [1.807, 2.05) is 18.2 Å². The van der Waals surface area contributed by atoms with Gasteiger partial charge in [-0.2, -0.15) is 0 Å². The van der Waals surface area contributed by atoms with Gasteiger partial charge in [0, 0.05) is 47.1 Å². The predicted octanol–water partition coefficient (Wildman–Crippen LogP) is 12.8. The zero-order chi connectivity index (χ0) is 29.9. The normalized spacial score (nSPS) is 10.9. The summed E-state index contributed by atoms with van der Waals surface area (Å²) in [7, 11) is 0. The molecule has 0 fully saturated rings. The molecule has 212 valence electrons. The molecule has 0 atom stereocenters. The quantitative estimate of drug-likeness (QED) is 0.162. The van der Waals surface area contributed by atoms with Crippen LogP contribution in [0.15, 0.2) is 142 Å². The summed E-state index contributed by atoms with van der Waals surface area (Å²) in [6.45, 7) is 0. The molecule has 2 nitrogen and oxygen atoms in total. The number of nitrogens with zero attached hydrogens (tertiary/aromatic N) is 1. The van der Waals surface area contributed by atoms with Crippen molar-refractivity contribution in [1.29, 1.82) is 0 Å². The number of rotatable bonds is 1. The smallest absolute Gasteiger partial charge is 0.138 e. The lowest BCUT2D eigenvalue weighted by Crippen LogP contribution is -1.94. The average molecular weight is 733 g/mol. The molecular weight excluding hydrogens is 710 g/mol. The summed E-state index contributed by atoms with van der Waals surface area (Å²) in [6, 6.07) is 44.0. The van der Waals surface area contributed by atoms with Gasteiger partial charge in [-0.25, -0.2) is 4.39 Å². The minimum absolute atomic E-state index is 0.331. The van der Waals surface area contributed by atoms with Crippen LogP contribution >= 0.6 is 55.1 Å². The standard InChI is InChI=1S/C18H11BrClN.C12H9N.C6H3BrClF/c19-15-10-9-12(20)11-18(15)21-16-7-3-1-5-13(16)14-6-2-4-8-17(14)21;1-3-7-11-9(5-1)10-6-2-4-8-12(10)13-11;7-5-2-1-4(8)3-6(5)9/h1-11H;1-8,13H;1-3H. The molecule has 0 saturated carbocycles. The van der Waals surface area contributed by atoms with Gasteiger partial charge in [-0.3, -0.25) is 0 Å². The minimum Gasteiger partial charge on any atom is -0.355 e. The summed E-state index contributed by atoms with van der Waals surface area (Å²) in [4.78, 5) is 3.38. The Balaban J connectivity index is 0.000000127. The van der Waals surface area contributed by atoms with Crippen LogP contribution in [0.1, 0.15) is 0 Å². The zero-order valence-corrected chi connectivity index (χ0v) is 27.2. The first kappa shape index (κ1) is 29.5. The van der Waals surface area contributed by atoms with E-state index in [1.54, 1.807) is 12.1 Å². The third-order valence-electron chi connectivity index (χ3n) is 7.02. The first-order chi connectivity index (χ1) is 20.9. The molecular formula is C36H23Br2Cl2FN2. The van der Waals surface area contributed by atoms with Gasteiger partial charge in [0.15, 0.2) is 0 Å². The Morgan fingerprint density at radius 3 is 1.47 bits per heavy atom. The largest absolute Gasteiger partial charge is 0.355 e. The molecule has 0 unspecified atom stereocenters. The number of aromatic amines is 1. The molecule has 0 saturated heterocycles. The van der Waals surface area contributed by atoms with E-state index in [0.717, 1.165) is 15.2 Å². The van der Waals surface area contributed by atoms with Crippen molar-refractivity contribution in [3.8, 4) is 5.69 Å². The molecule has 0 aliphatic rings. The van der Waals surface area contributed by atoms with Crippen molar-refractivity contribution in [3.63, 3.8) is 0 Å². The second kappa shape index (κ2) is 12.9. The van der Waals surface area contributed by atoms with E-state index in [-0.39, 0.29) is 5.82 Å². The van der Waals surface area contributed by atoms with Gasteiger partial charge in [-0.1, -0.05) is 96.0 Å². The third kappa shape index (κ3) is 6.22. The molecule has 1 N–H and O–H groups in total. The monoisotopic (exact) mass is 730 g/mol. The van der Waals surface area contributed by atoms with Crippen LogP contribution in [-0.4, -0.2) is 9.55 Å². The summed E-state index contributed by atoms with van der Waals surface area (Å²) in [5.41, 5.74) is 5.84. The number of hydrogen-bond donors (Lipinski definition) is 1. The van der Waals surface area contributed by atoms with Crippen LogP contribution in [0, 0.1) is 5.82 Å². The molecule has 7 heteroatoms. The minimum atomic E-state index is -0.331. The maximum Gasteiger partial charge on any atom is 0.138 e. The molecule has 0 bridgehead atoms. The van der Waals surface area contributed by atoms with Crippen LogP contribution in [0.4, 0.5) is 4.39 Å². The maximum absolute atomic E-state index is 12.4. The van der Waals surface area contributed by atoms with Crippen molar-refractivity contribution < 1.29 is 4.39 Å². The maximum atomic E-state index is 12.4. The van der Waals surface area contributed by atoms with Crippen molar-refractivity contribution in [2.45, 2.75) is 0 Å². The average Bonchev–Trinajstić information content (AvgIpc) is 3.57. The van der Waals surface area contributed by atoms with E-state index in [4.69, 9.17) is 23.2 Å². The molecule has 0 amide bonds. The van der Waals surface area contributed by atoms with Gasteiger partial charge in [0.05, 0.1) is 21.2 Å². The summed E-state index contributed by atoms with van der Waals surface area (Å²) < 4.78 is 16.2. The Bertz CT molecular complexity index is 2120. The Labute approximate surface area is 274 Å². The summed E-state index contributed by atoms with van der Waals surface area (Å²) in [5, 5.41) is 6.25. The van der Waals surface area contributed by atoms with Crippen LogP contribution < -0.4 is 0 Å². The zero-order valence-electron chi connectivity index (χ0n) is 22.5. The first-order valence-electron chi connectivity index (χ1n) is 13.4. The van der Waals surface area contributed by atoms with E-state index in [0.29, 0.717) is 9.50 Å². The number of fused-ring (bicyclic) bond motifs is 6. The van der Waals surface area contributed by atoms with E-state index in [2.05, 4.69) is 138 Å². The molecule has 2 heterocycles. The second-order valence-corrected chi connectivity index (χ2v) is 12.3. The van der Waals surface area contributed by atoms with Gasteiger partial charge in [-0.15, -0.1) is 0 Å². The number of para-hydroxylation sites is 4. The fourth-order valence-corrected chi connectivity index (χ4v) is 6.10. The van der Waals surface area contributed by atoms with Gasteiger partial charge in [0.2, 0.25) is 0 Å². The molecule has 0 radical (unpaired) electrons. The lowest BCUT2D eigenvalue weighted by molar-refractivity contribution is 0.621. The Morgan fingerprint density at radius 1 is 0.512 bits per heavy atom. The van der Waals surface area contributed by atoms with Crippen LogP contribution in [-0.2, 0) is 0 Å². The summed E-state index contributed by atoms with van der Waals surface area (Å²) in [6.07, 6.45) is 0. The van der Waals surface area contributed by atoms with E-state index in [1.165, 1.54) is 49.7 Å². The highest BCUT2D eigenvalue weighted by molar-refractivity contribution is 9.10.